The Kier molecular flexibility index (Phi) is 6.45. The van der Waals surface area contributed by atoms with Gasteiger partial charge in [0.15, 0.2) is 11.5 Å². The second-order valence-electron chi connectivity index (χ2n) is 5.04. The van der Waals surface area contributed by atoms with Gasteiger partial charge in [-0.05, 0) is 24.6 Å². The number of rotatable bonds is 4. The molecule has 3 N–H and O–H groups in total. The molecule has 6 nitrogen and oxygen atoms in total. The minimum atomic E-state index is -0.227. The van der Waals surface area contributed by atoms with E-state index in [0.717, 1.165) is 15.0 Å². The van der Waals surface area contributed by atoms with Gasteiger partial charge in [-0.3, -0.25) is 4.79 Å². The number of ether oxygens (including phenoxy) is 2. The van der Waals surface area contributed by atoms with E-state index in [2.05, 4.69) is 26.2 Å². The molecule has 0 bridgehead atoms. The highest BCUT2D eigenvalue weighted by Crippen LogP contribution is 2.37. The third kappa shape index (κ3) is 4.00. The Morgan fingerprint density at radius 1 is 1.42 bits per heavy atom. The summed E-state index contributed by atoms with van der Waals surface area (Å²) < 4.78 is 12.0. The molecule has 2 aromatic rings. The number of carbonyl (C=O) groups excluding carboxylic acids is 1. The highest BCUT2D eigenvalue weighted by molar-refractivity contribution is 9.10. The molecule has 2 heterocycles. The van der Waals surface area contributed by atoms with Crippen molar-refractivity contribution in [3.8, 4) is 11.5 Å². The van der Waals surface area contributed by atoms with Crippen molar-refractivity contribution in [2.75, 3.05) is 13.2 Å². The van der Waals surface area contributed by atoms with Crippen molar-refractivity contribution in [2.24, 2.45) is 5.73 Å². The lowest BCUT2D eigenvalue weighted by Crippen LogP contribution is -2.27. The predicted molar refractivity (Wildman–Crippen MR) is 98.3 cm³/mol. The first-order valence-electron chi connectivity index (χ1n) is 7.13. The first-order valence-corrected chi connectivity index (χ1v) is 8.80. The van der Waals surface area contributed by atoms with E-state index in [-0.39, 0.29) is 24.4 Å². The van der Waals surface area contributed by atoms with Crippen LogP contribution in [0.1, 0.15) is 34.0 Å². The van der Waals surface area contributed by atoms with Gasteiger partial charge in [0.1, 0.15) is 23.9 Å². The van der Waals surface area contributed by atoms with Crippen LogP contribution >= 0.6 is 39.7 Å². The first kappa shape index (κ1) is 19.0. The minimum Gasteiger partial charge on any atom is -0.486 e. The molecule has 9 heteroatoms. The van der Waals surface area contributed by atoms with E-state index < -0.39 is 0 Å². The number of nitrogens with two attached hydrogens (primary N) is 1. The van der Waals surface area contributed by atoms with Crippen LogP contribution in [0.5, 0.6) is 11.5 Å². The highest BCUT2D eigenvalue weighted by Gasteiger charge is 2.20. The van der Waals surface area contributed by atoms with Gasteiger partial charge in [-0.15, -0.1) is 23.7 Å². The van der Waals surface area contributed by atoms with E-state index in [9.17, 15) is 4.79 Å². The Morgan fingerprint density at radius 2 is 2.08 bits per heavy atom. The molecule has 0 saturated heterocycles. The second-order valence-corrected chi connectivity index (χ2v) is 6.84. The van der Waals surface area contributed by atoms with Gasteiger partial charge < -0.3 is 20.5 Å². The Morgan fingerprint density at radius 3 is 2.71 bits per heavy atom. The molecule has 0 spiro atoms. The average molecular weight is 435 g/mol. The third-order valence-electron chi connectivity index (χ3n) is 3.43. The molecule has 24 heavy (non-hydrogen) atoms. The van der Waals surface area contributed by atoms with E-state index in [1.54, 1.807) is 5.38 Å². The van der Waals surface area contributed by atoms with Crippen LogP contribution in [0.4, 0.5) is 0 Å². The number of hydrogen-bond acceptors (Lipinski definition) is 6. The Bertz CT molecular complexity index is 741. The normalized spacial score (nSPS) is 13.8. The number of aromatic nitrogens is 1. The lowest BCUT2D eigenvalue weighted by Gasteiger charge is -2.22. The molecular weight excluding hydrogens is 418 g/mol. The van der Waals surface area contributed by atoms with Crippen LogP contribution in [0.3, 0.4) is 0 Å². The summed E-state index contributed by atoms with van der Waals surface area (Å²) in [6.45, 7) is 3.30. The number of fused-ring (bicyclic) bond motifs is 1. The quantitative estimate of drug-likeness (QED) is 0.772. The van der Waals surface area contributed by atoms with Crippen LogP contribution in [0, 0.1) is 0 Å². The van der Waals surface area contributed by atoms with Gasteiger partial charge in [-0.25, -0.2) is 4.98 Å². The second kappa shape index (κ2) is 8.15. The molecule has 1 aromatic carbocycles. The molecule has 0 aliphatic carbocycles. The first-order chi connectivity index (χ1) is 11.1. The fourth-order valence-electron chi connectivity index (χ4n) is 2.27. The summed E-state index contributed by atoms with van der Waals surface area (Å²) in [5.41, 5.74) is 6.82. The maximum Gasteiger partial charge on any atom is 0.271 e. The summed E-state index contributed by atoms with van der Waals surface area (Å²) in [7, 11) is 0. The lowest BCUT2D eigenvalue weighted by atomic mass is 10.1. The molecule has 3 rings (SSSR count). The predicted octanol–water partition coefficient (Wildman–Crippen LogP) is 3.05. The summed E-state index contributed by atoms with van der Waals surface area (Å²) >= 11 is 4.90. The SMILES string of the molecule is CC(NC(=O)c1csc(CN)n1)c1cc2c(cc1Br)OCCO2.Cl. The number of halogens is 2. The summed E-state index contributed by atoms with van der Waals surface area (Å²) in [6, 6.07) is 3.54. The van der Waals surface area contributed by atoms with Crippen LogP contribution in [0.2, 0.25) is 0 Å². The molecule has 130 valence electrons. The molecule has 0 saturated carbocycles. The van der Waals surface area contributed by atoms with Gasteiger partial charge >= 0.3 is 0 Å². The average Bonchev–Trinajstić information content (AvgIpc) is 3.03. The zero-order chi connectivity index (χ0) is 16.4. The molecule has 1 aliphatic heterocycles. The summed E-state index contributed by atoms with van der Waals surface area (Å²) in [5, 5.41) is 5.39. The standard InChI is InChI=1S/C15H16BrN3O3S.ClH/c1-8(18-15(20)11-7-23-14(6-17)19-11)9-4-12-13(5-10(9)16)22-3-2-21-12;/h4-5,7-8H,2-3,6,17H2,1H3,(H,18,20);1H. The van der Waals surface area contributed by atoms with Crippen molar-refractivity contribution >= 4 is 45.6 Å². The van der Waals surface area contributed by atoms with Crippen LogP contribution < -0.4 is 20.5 Å². The van der Waals surface area contributed by atoms with Crippen LogP contribution in [-0.4, -0.2) is 24.1 Å². The molecule has 1 amide bonds. The fourth-order valence-corrected chi connectivity index (χ4v) is 3.59. The van der Waals surface area contributed by atoms with Crippen molar-refractivity contribution in [1.82, 2.24) is 10.3 Å². The van der Waals surface area contributed by atoms with Gasteiger partial charge in [0.2, 0.25) is 0 Å². The smallest absolute Gasteiger partial charge is 0.271 e. The number of hydrogen-bond donors (Lipinski definition) is 2. The van der Waals surface area contributed by atoms with E-state index in [4.69, 9.17) is 15.2 Å². The Balaban J connectivity index is 0.00000208. The van der Waals surface area contributed by atoms with E-state index in [1.807, 2.05) is 19.1 Å². The Labute approximate surface area is 158 Å². The third-order valence-corrected chi connectivity index (χ3v) is 4.99. The van der Waals surface area contributed by atoms with Gasteiger partial charge in [0, 0.05) is 16.4 Å². The van der Waals surface area contributed by atoms with E-state index in [1.165, 1.54) is 11.3 Å². The largest absolute Gasteiger partial charge is 0.486 e. The molecule has 0 fully saturated rings. The molecule has 1 atom stereocenters. The number of thiazole rings is 1. The molecular formula is C15H17BrClN3O3S. The number of nitrogens with one attached hydrogen (secondary N) is 1. The van der Waals surface area contributed by atoms with Gasteiger partial charge in [0.05, 0.1) is 6.04 Å². The van der Waals surface area contributed by atoms with E-state index >= 15 is 0 Å². The van der Waals surface area contributed by atoms with Gasteiger partial charge in [-0.2, -0.15) is 0 Å². The lowest BCUT2D eigenvalue weighted by molar-refractivity contribution is 0.0935. The molecule has 1 aromatic heterocycles. The van der Waals surface area contributed by atoms with Crippen LogP contribution in [0.15, 0.2) is 22.0 Å². The van der Waals surface area contributed by atoms with Crippen molar-refractivity contribution in [3.63, 3.8) is 0 Å². The van der Waals surface area contributed by atoms with Gasteiger partial charge in [-0.1, -0.05) is 15.9 Å². The maximum atomic E-state index is 12.3. The summed E-state index contributed by atoms with van der Waals surface area (Å²) in [6.07, 6.45) is 0. The van der Waals surface area contributed by atoms with Crippen LogP contribution in [0.25, 0.3) is 0 Å². The number of amides is 1. The van der Waals surface area contributed by atoms with Crippen molar-refractivity contribution in [2.45, 2.75) is 19.5 Å². The highest BCUT2D eigenvalue weighted by atomic mass is 79.9. The van der Waals surface area contributed by atoms with Crippen LogP contribution in [-0.2, 0) is 6.54 Å². The van der Waals surface area contributed by atoms with Crippen molar-refractivity contribution in [3.05, 3.63) is 38.3 Å². The number of carbonyl (C=O) groups is 1. The number of nitrogens with zero attached hydrogens (tertiary/aromatic N) is 1. The maximum absolute atomic E-state index is 12.3. The zero-order valence-electron chi connectivity index (χ0n) is 12.9. The Hall–Kier alpha value is -1.35. The number of benzene rings is 1. The van der Waals surface area contributed by atoms with Crippen molar-refractivity contribution < 1.29 is 14.3 Å². The fraction of sp³-hybridized carbons (Fsp3) is 0.333. The van der Waals surface area contributed by atoms with Crippen molar-refractivity contribution in [1.29, 1.82) is 0 Å². The zero-order valence-corrected chi connectivity index (χ0v) is 16.1. The van der Waals surface area contributed by atoms with Gasteiger partial charge in [0.25, 0.3) is 5.91 Å². The summed E-state index contributed by atoms with van der Waals surface area (Å²) in [5.74, 6) is 1.17. The monoisotopic (exact) mass is 433 g/mol. The molecule has 1 aliphatic rings. The molecule has 1 unspecified atom stereocenters. The molecule has 0 radical (unpaired) electrons. The van der Waals surface area contributed by atoms with E-state index in [0.29, 0.717) is 37.0 Å². The summed E-state index contributed by atoms with van der Waals surface area (Å²) in [4.78, 5) is 16.5. The minimum absolute atomic E-state index is 0. The topological polar surface area (TPSA) is 86.5 Å².